The summed E-state index contributed by atoms with van der Waals surface area (Å²) in [6, 6.07) is 3.95. The number of aliphatic carboxylic acids is 1. The SMILES string of the molecule is COc1cc(C(F)(F)F)ccc1CN[C@H]1[C@H](C(C)(C)C)[C@@H](C(=O)O)N(C(=O)[C@H]2CCCCO2)[C@H]1c1cccnc1OC. The molecule has 1 aromatic heterocycles. The predicted molar refractivity (Wildman–Crippen MR) is 147 cm³/mol. The Balaban J connectivity index is 1.84. The van der Waals surface area contributed by atoms with Gasteiger partial charge in [0.1, 0.15) is 17.9 Å². The Kier molecular flexibility index (Phi) is 9.36. The Morgan fingerprint density at radius 2 is 1.88 bits per heavy atom. The van der Waals surface area contributed by atoms with Crippen molar-refractivity contribution in [3.63, 3.8) is 0 Å². The summed E-state index contributed by atoms with van der Waals surface area (Å²) in [5, 5.41) is 14.0. The van der Waals surface area contributed by atoms with Crippen molar-refractivity contribution >= 4 is 11.9 Å². The number of methoxy groups -OCH3 is 2. The summed E-state index contributed by atoms with van der Waals surface area (Å²) in [5.74, 6) is -1.94. The maximum Gasteiger partial charge on any atom is 0.416 e. The second-order valence-electron chi connectivity index (χ2n) is 11.8. The number of carbonyl (C=O) groups excluding carboxylic acids is 1. The summed E-state index contributed by atoms with van der Waals surface area (Å²) < 4.78 is 56.7. The minimum atomic E-state index is -4.54. The fourth-order valence-corrected chi connectivity index (χ4v) is 6.25. The van der Waals surface area contributed by atoms with Gasteiger partial charge in [-0.05, 0) is 48.9 Å². The van der Waals surface area contributed by atoms with E-state index in [1.54, 1.807) is 18.3 Å². The number of halogens is 3. The van der Waals surface area contributed by atoms with Crippen molar-refractivity contribution < 1.29 is 42.1 Å². The Morgan fingerprint density at radius 1 is 1.14 bits per heavy atom. The predicted octanol–water partition coefficient (Wildman–Crippen LogP) is 4.84. The number of carboxylic acid groups (broad SMARTS) is 1. The molecular formula is C30H38F3N3O6. The molecule has 2 aliphatic rings. The van der Waals surface area contributed by atoms with Crippen LogP contribution < -0.4 is 14.8 Å². The van der Waals surface area contributed by atoms with Gasteiger partial charge in [-0.1, -0.05) is 26.8 Å². The summed E-state index contributed by atoms with van der Waals surface area (Å²) in [4.78, 5) is 32.9. The first-order valence-corrected chi connectivity index (χ1v) is 13.9. The van der Waals surface area contributed by atoms with E-state index >= 15 is 0 Å². The Labute approximate surface area is 243 Å². The molecule has 0 bridgehead atoms. The van der Waals surface area contributed by atoms with E-state index in [0.29, 0.717) is 24.2 Å². The van der Waals surface area contributed by atoms with Gasteiger partial charge in [0, 0.05) is 42.4 Å². The summed E-state index contributed by atoms with van der Waals surface area (Å²) in [6.45, 7) is 6.17. The molecule has 0 aliphatic carbocycles. The molecule has 42 heavy (non-hydrogen) atoms. The molecule has 0 saturated carbocycles. The Hall–Kier alpha value is -3.38. The van der Waals surface area contributed by atoms with Crippen LogP contribution in [0.2, 0.25) is 0 Å². The molecule has 2 fully saturated rings. The van der Waals surface area contributed by atoms with Crippen molar-refractivity contribution in [3.05, 3.63) is 53.2 Å². The van der Waals surface area contributed by atoms with Gasteiger partial charge in [0.25, 0.3) is 5.91 Å². The van der Waals surface area contributed by atoms with E-state index in [9.17, 15) is 27.9 Å². The molecule has 2 aromatic rings. The summed E-state index contributed by atoms with van der Waals surface area (Å²) in [7, 11) is 2.74. The number of nitrogens with zero attached hydrogens (tertiary/aromatic N) is 2. The fraction of sp³-hybridized carbons (Fsp3) is 0.567. The third-order valence-electron chi connectivity index (χ3n) is 8.08. The molecule has 2 aliphatic heterocycles. The van der Waals surface area contributed by atoms with Gasteiger partial charge in [0.15, 0.2) is 0 Å². The van der Waals surface area contributed by atoms with E-state index in [1.807, 2.05) is 20.8 Å². The van der Waals surface area contributed by atoms with E-state index in [-0.39, 0.29) is 18.2 Å². The molecule has 3 heterocycles. The van der Waals surface area contributed by atoms with E-state index in [1.165, 1.54) is 25.2 Å². The molecule has 2 saturated heterocycles. The number of ether oxygens (including phenoxy) is 3. The van der Waals surface area contributed by atoms with Crippen LogP contribution in [0.5, 0.6) is 11.6 Å². The number of benzene rings is 1. The zero-order chi connectivity index (χ0) is 30.8. The van der Waals surface area contributed by atoms with Crippen molar-refractivity contribution in [2.75, 3.05) is 20.8 Å². The standard InChI is InChI=1S/C30H38F3N3O6/c1-29(2,3)22-23(35-16-17-11-12-18(30(31,32)33)15-21(17)40-4)24(19-9-8-13-34-26(19)41-5)36(25(22)28(38)39)27(37)20-10-6-7-14-42-20/h8-9,11-13,15,20,22-25,35H,6-7,10,14,16H2,1-5H3,(H,38,39)/t20-,22+,23+,24+,25+/m1/s1. The molecule has 0 unspecified atom stereocenters. The first-order valence-electron chi connectivity index (χ1n) is 13.9. The molecule has 230 valence electrons. The molecule has 0 spiro atoms. The van der Waals surface area contributed by atoms with E-state index in [2.05, 4.69) is 10.3 Å². The van der Waals surface area contributed by atoms with Gasteiger partial charge < -0.3 is 29.5 Å². The molecule has 1 amide bonds. The van der Waals surface area contributed by atoms with Crippen LogP contribution in [0.1, 0.15) is 62.8 Å². The van der Waals surface area contributed by atoms with Crippen LogP contribution in [0.15, 0.2) is 36.5 Å². The number of aromatic nitrogens is 1. The minimum Gasteiger partial charge on any atom is -0.496 e. The normalized spacial score (nSPS) is 24.9. The van der Waals surface area contributed by atoms with Crippen molar-refractivity contribution in [3.8, 4) is 11.6 Å². The van der Waals surface area contributed by atoms with Gasteiger partial charge >= 0.3 is 12.1 Å². The van der Waals surface area contributed by atoms with Crippen LogP contribution >= 0.6 is 0 Å². The number of likely N-dealkylation sites (tertiary alicyclic amines) is 1. The number of carboxylic acids is 1. The number of nitrogens with one attached hydrogen (secondary N) is 1. The van der Waals surface area contributed by atoms with E-state index in [0.717, 1.165) is 25.0 Å². The van der Waals surface area contributed by atoms with Crippen molar-refractivity contribution in [2.45, 2.75) is 77.0 Å². The molecule has 9 nitrogen and oxygen atoms in total. The number of amides is 1. The van der Waals surface area contributed by atoms with Gasteiger partial charge in [-0.15, -0.1) is 0 Å². The molecule has 4 rings (SSSR count). The maximum absolute atomic E-state index is 14.1. The van der Waals surface area contributed by atoms with Gasteiger partial charge in [0.2, 0.25) is 5.88 Å². The van der Waals surface area contributed by atoms with E-state index in [4.69, 9.17) is 14.2 Å². The van der Waals surface area contributed by atoms with Crippen LogP contribution in [-0.4, -0.2) is 65.9 Å². The lowest BCUT2D eigenvalue weighted by molar-refractivity contribution is -0.159. The largest absolute Gasteiger partial charge is 0.496 e. The average molecular weight is 594 g/mol. The highest BCUT2D eigenvalue weighted by Gasteiger charge is 2.59. The topological polar surface area (TPSA) is 110 Å². The van der Waals surface area contributed by atoms with Gasteiger partial charge in [-0.3, -0.25) is 4.79 Å². The molecular weight excluding hydrogens is 555 g/mol. The Morgan fingerprint density at radius 3 is 2.45 bits per heavy atom. The van der Waals surface area contributed by atoms with Gasteiger partial charge in [-0.25, -0.2) is 9.78 Å². The van der Waals surface area contributed by atoms with Crippen LogP contribution in [-0.2, 0) is 27.0 Å². The maximum atomic E-state index is 14.1. The van der Waals surface area contributed by atoms with Crippen molar-refractivity contribution in [1.82, 2.24) is 15.2 Å². The number of carbonyl (C=O) groups is 2. The lowest BCUT2D eigenvalue weighted by Crippen LogP contribution is -2.51. The molecule has 12 heteroatoms. The Bertz CT molecular complexity index is 1280. The smallest absolute Gasteiger partial charge is 0.416 e. The summed E-state index contributed by atoms with van der Waals surface area (Å²) in [6.07, 6.45) is -1.73. The monoisotopic (exact) mass is 593 g/mol. The number of pyridine rings is 1. The fourth-order valence-electron chi connectivity index (χ4n) is 6.25. The van der Waals surface area contributed by atoms with Crippen molar-refractivity contribution in [2.24, 2.45) is 11.3 Å². The lowest BCUT2D eigenvalue weighted by Gasteiger charge is -2.36. The van der Waals surface area contributed by atoms with Gasteiger partial charge in [0.05, 0.1) is 25.8 Å². The zero-order valence-corrected chi connectivity index (χ0v) is 24.4. The number of hydrogen-bond donors (Lipinski definition) is 2. The highest BCUT2D eigenvalue weighted by Crippen LogP contribution is 2.50. The summed E-state index contributed by atoms with van der Waals surface area (Å²) >= 11 is 0. The minimum absolute atomic E-state index is 0.0384. The van der Waals surface area contributed by atoms with Gasteiger partial charge in [-0.2, -0.15) is 13.2 Å². The summed E-state index contributed by atoms with van der Waals surface area (Å²) in [5.41, 5.74) is -0.507. The number of alkyl halides is 3. The van der Waals surface area contributed by atoms with Crippen molar-refractivity contribution in [1.29, 1.82) is 0 Å². The highest BCUT2D eigenvalue weighted by atomic mass is 19.4. The first-order chi connectivity index (χ1) is 19.8. The average Bonchev–Trinajstić information content (AvgIpc) is 3.31. The second-order valence-corrected chi connectivity index (χ2v) is 11.8. The number of rotatable bonds is 8. The molecule has 0 radical (unpaired) electrons. The zero-order valence-electron chi connectivity index (χ0n) is 24.4. The molecule has 5 atom stereocenters. The third kappa shape index (κ3) is 6.34. The van der Waals surface area contributed by atoms with Crippen LogP contribution in [0.3, 0.4) is 0 Å². The van der Waals surface area contributed by atoms with E-state index < -0.39 is 59.2 Å². The molecule has 1 aromatic carbocycles. The third-order valence-corrected chi connectivity index (χ3v) is 8.08. The van der Waals surface area contributed by atoms with Crippen LogP contribution in [0, 0.1) is 11.3 Å². The lowest BCUT2D eigenvalue weighted by atomic mass is 9.72. The quantitative estimate of drug-likeness (QED) is 0.448. The second kappa shape index (κ2) is 12.5. The van der Waals surface area contributed by atoms with Crippen LogP contribution in [0.4, 0.5) is 13.2 Å². The first kappa shape index (κ1) is 31.6. The number of hydrogen-bond acceptors (Lipinski definition) is 7. The molecule has 2 N–H and O–H groups in total. The highest BCUT2D eigenvalue weighted by molar-refractivity contribution is 5.88. The van der Waals surface area contributed by atoms with Crippen LogP contribution in [0.25, 0.3) is 0 Å².